The second kappa shape index (κ2) is 9.88. The lowest BCUT2D eigenvalue weighted by Crippen LogP contribution is -2.71. The van der Waals surface area contributed by atoms with Crippen molar-refractivity contribution >= 4 is 21.8 Å². The van der Waals surface area contributed by atoms with Crippen LogP contribution in [0.2, 0.25) is 0 Å². The van der Waals surface area contributed by atoms with E-state index in [9.17, 15) is 18.0 Å². The normalized spacial score (nSPS) is 22.5. The van der Waals surface area contributed by atoms with Gasteiger partial charge in [-0.1, -0.05) is 67.3 Å². The number of rotatable bonds is 6. The zero-order valence-electron chi connectivity index (χ0n) is 19.9. The third-order valence-corrected chi connectivity index (χ3v) is 8.79. The third-order valence-electron chi connectivity index (χ3n) is 6.98. The van der Waals surface area contributed by atoms with Crippen LogP contribution in [0, 0.1) is 6.92 Å². The number of nitrogens with zero attached hydrogens (tertiary/aromatic N) is 2. The first-order chi connectivity index (χ1) is 16.2. The van der Waals surface area contributed by atoms with E-state index >= 15 is 0 Å². The van der Waals surface area contributed by atoms with Crippen molar-refractivity contribution < 1.29 is 18.0 Å². The fourth-order valence-electron chi connectivity index (χ4n) is 5.10. The van der Waals surface area contributed by atoms with E-state index in [1.54, 1.807) is 36.1 Å². The SMILES string of the molecule is Cc1ccc(S(=O)(=O)N2CC(=O)N(C3CCCCC3)[C@](C)(C(=O)NCc3ccccc3)C2)cc1. The maximum Gasteiger partial charge on any atom is 0.247 e. The van der Waals surface area contributed by atoms with E-state index in [1.807, 2.05) is 37.3 Å². The van der Waals surface area contributed by atoms with E-state index in [0.717, 1.165) is 43.2 Å². The number of hydrogen-bond acceptors (Lipinski definition) is 4. The first-order valence-electron chi connectivity index (χ1n) is 11.9. The summed E-state index contributed by atoms with van der Waals surface area (Å²) in [5, 5.41) is 2.96. The molecule has 0 aromatic heterocycles. The van der Waals surface area contributed by atoms with Crippen molar-refractivity contribution in [2.75, 3.05) is 13.1 Å². The van der Waals surface area contributed by atoms with Gasteiger partial charge in [0.2, 0.25) is 21.8 Å². The highest BCUT2D eigenvalue weighted by Crippen LogP contribution is 2.34. The van der Waals surface area contributed by atoms with Crippen molar-refractivity contribution in [3.63, 3.8) is 0 Å². The lowest BCUT2D eigenvalue weighted by Gasteiger charge is -2.51. The average Bonchev–Trinajstić information content (AvgIpc) is 2.83. The van der Waals surface area contributed by atoms with Gasteiger partial charge in [0.25, 0.3) is 0 Å². The summed E-state index contributed by atoms with van der Waals surface area (Å²) in [6.45, 7) is 3.57. The van der Waals surface area contributed by atoms with Gasteiger partial charge in [0, 0.05) is 19.1 Å². The minimum atomic E-state index is -3.93. The molecule has 0 unspecified atom stereocenters. The summed E-state index contributed by atoms with van der Waals surface area (Å²) in [6.07, 6.45) is 4.78. The third kappa shape index (κ3) is 4.88. The highest BCUT2D eigenvalue weighted by atomic mass is 32.2. The molecule has 0 bridgehead atoms. The summed E-state index contributed by atoms with van der Waals surface area (Å²) in [5.74, 6) is -0.648. The van der Waals surface area contributed by atoms with Crippen LogP contribution in [0.3, 0.4) is 0 Å². The van der Waals surface area contributed by atoms with Crippen molar-refractivity contribution in [1.29, 1.82) is 0 Å². The maximum absolute atomic E-state index is 13.6. The van der Waals surface area contributed by atoms with Crippen molar-refractivity contribution in [2.24, 2.45) is 0 Å². The fraction of sp³-hybridized carbons (Fsp3) is 0.462. The Labute approximate surface area is 202 Å². The molecule has 2 aromatic carbocycles. The van der Waals surface area contributed by atoms with E-state index < -0.39 is 15.6 Å². The zero-order chi connectivity index (χ0) is 24.3. The molecule has 1 N–H and O–H groups in total. The summed E-state index contributed by atoms with van der Waals surface area (Å²) < 4.78 is 28.0. The number of carbonyl (C=O) groups is 2. The highest BCUT2D eigenvalue weighted by Gasteiger charge is 2.52. The summed E-state index contributed by atoms with van der Waals surface area (Å²) in [6, 6.07) is 16.1. The Morgan fingerprint density at radius 1 is 1.03 bits per heavy atom. The molecule has 1 aliphatic carbocycles. The molecule has 2 aromatic rings. The van der Waals surface area contributed by atoms with E-state index in [4.69, 9.17) is 0 Å². The summed E-state index contributed by atoms with van der Waals surface area (Å²) >= 11 is 0. The smallest absolute Gasteiger partial charge is 0.247 e. The lowest BCUT2D eigenvalue weighted by molar-refractivity contribution is -0.157. The van der Waals surface area contributed by atoms with Crippen LogP contribution in [-0.4, -0.2) is 54.1 Å². The van der Waals surface area contributed by atoms with Gasteiger partial charge in [0.1, 0.15) is 5.54 Å². The Hall–Kier alpha value is -2.71. The Kier molecular flexibility index (Phi) is 7.09. The summed E-state index contributed by atoms with van der Waals surface area (Å²) in [4.78, 5) is 28.9. The van der Waals surface area contributed by atoms with Gasteiger partial charge in [-0.3, -0.25) is 9.59 Å². The second-order valence-electron chi connectivity index (χ2n) is 9.58. The predicted molar refractivity (Wildman–Crippen MR) is 130 cm³/mol. The van der Waals surface area contributed by atoms with E-state index in [1.165, 1.54) is 4.31 Å². The molecular weight excluding hydrogens is 450 g/mol. The van der Waals surface area contributed by atoms with Crippen LogP contribution in [0.4, 0.5) is 0 Å². The molecule has 0 radical (unpaired) electrons. The van der Waals surface area contributed by atoms with Crippen LogP contribution >= 0.6 is 0 Å². The average molecular weight is 484 g/mol. The quantitative estimate of drug-likeness (QED) is 0.683. The molecule has 1 heterocycles. The van der Waals surface area contributed by atoms with Crippen molar-refractivity contribution in [3.8, 4) is 0 Å². The fourth-order valence-corrected chi connectivity index (χ4v) is 6.58. The molecule has 2 amide bonds. The van der Waals surface area contributed by atoms with E-state index in [2.05, 4.69) is 5.32 Å². The van der Waals surface area contributed by atoms with Gasteiger partial charge in [-0.05, 0) is 44.4 Å². The van der Waals surface area contributed by atoms with Crippen LogP contribution in [0.25, 0.3) is 0 Å². The van der Waals surface area contributed by atoms with Gasteiger partial charge in [0.05, 0.1) is 11.4 Å². The minimum Gasteiger partial charge on any atom is -0.350 e. The molecule has 34 heavy (non-hydrogen) atoms. The predicted octanol–water partition coefficient (Wildman–Crippen LogP) is 3.24. The Bertz CT molecular complexity index is 1130. The number of nitrogens with one attached hydrogen (secondary N) is 1. The molecule has 1 saturated carbocycles. The van der Waals surface area contributed by atoms with Crippen molar-refractivity contribution in [2.45, 2.75) is 69.0 Å². The first-order valence-corrected chi connectivity index (χ1v) is 13.4. The van der Waals surface area contributed by atoms with Crippen LogP contribution in [0.1, 0.15) is 50.2 Å². The van der Waals surface area contributed by atoms with Crippen LogP contribution in [-0.2, 0) is 26.2 Å². The van der Waals surface area contributed by atoms with Crippen LogP contribution in [0.5, 0.6) is 0 Å². The Balaban J connectivity index is 1.64. The monoisotopic (exact) mass is 483 g/mol. The molecule has 2 fully saturated rings. The molecule has 1 aliphatic heterocycles. The van der Waals surface area contributed by atoms with E-state index in [-0.39, 0.29) is 35.8 Å². The summed E-state index contributed by atoms with van der Waals surface area (Å²) in [7, 11) is -3.93. The number of piperazine rings is 1. The highest BCUT2D eigenvalue weighted by molar-refractivity contribution is 7.89. The maximum atomic E-state index is 13.6. The molecule has 4 rings (SSSR count). The van der Waals surface area contributed by atoms with Gasteiger partial charge < -0.3 is 10.2 Å². The molecule has 7 nitrogen and oxygen atoms in total. The standard InChI is InChI=1S/C26H33N3O4S/c1-20-13-15-23(16-14-20)34(32,33)28-18-24(30)29(22-11-7-4-8-12-22)26(2,19-28)25(31)27-17-21-9-5-3-6-10-21/h3,5-6,9-10,13-16,22H,4,7-8,11-12,17-19H2,1-2H3,(H,27,31)/t26-/m0/s1. The van der Waals surface area contributed by atoms with Crippen LogP contribution < -0.4 is 5.32 Å². The topological polar surface area (TPSA) is 86.8 Å². The number of carbonyl (C=O) groups excluding carboxylic acids is 2. The number of amides is 2. The van der Waals surface area contributed by atoms with Gasteiger partial charge in [0.15, 0.2) is 0 Å². The molecule has 2 aliphatic rings. The Morgan fingerprint density at radius 2 is 1.68 bits per heavy atom. The van der Waals surface area contributed by atoms with E-state index in [0.29, 0.717) is 6.54 Å². The second-order valence-corrected chi connectivity index (χ2v) is 11.5. The van der Waals surface area contributed by atoms with Crippen molar-refractivity contribution in [3.05, 3.63) is 65.7 Å². The van der Waals surface area contributed by atoms with Gasteiger partial charge in [-0.15, -0.1) is 0 Å². The van der Waals surface area contributed by atoms with Gasteiger partial charge in [-0.2, -0.15) is 4.31 Å². The number of hydrogen-bond donors (Lipinski definition) is 1. The van der Waals surface area contributed by atoms with Crippen LogP contribution in [0.15, 0.2) is 59.5 Å². The van der Waals surface area contributed by atoms with Crippen molar-refractivity contribution in [1.82, 2.24) is 14.5 Å². The molecule has 8 heteroatoms. The molecule has 1 saturated heterocycles. The number of sulfonamides is 1. The van der Waals surface area contributed by atoms with Gasteiger partial charge in [-0.25, -0.2) is 8.42 Å². The molecule has 1 atom stereocenters. The number of aryl methyl sites for hydroxylation is 1. The lowest BCUT2D eigenvalue weighted by atomic mass is 9.87. The minimum absolute atomic E-state index is 0.0574. The number of benzene rings is 2. The molecule has 0 spiro atoms. The Morgan fingerprint density at radius 3 is 2.32 bits per heavy atom. The molecular formula is C26H33N3O4S. The molecule has 182 valence electrons. The first kappa shape index (κ1) is 24.4. The largest absolute Gasteiger partial charge is 0.350 e. The zero-order valence-corrected chi connectivity index (χ0v) is 20.7. The summed E-state index contributed by atoms with van der Waals surface area (Å²) in [5.41, 5.74) is 0.585. The van der Waals surface area contributed by atoms with Gasteiger partial charge >= 0.3 is 0 Å².